The Kier molecular flexibility index (Phi) is 7.70. The van der Waals surface area contributed by atoms with Crippen molar-refractivity contribution in [3.05, 3.63) is 34.9 Å². The second-order valence-corrected chi connectivity index (χ2v) is 7.53. The molecule has 0 saturated carbocycles. The van der Waals surface area contributed by atoms with E-state index in [-0.39, 0.29) is 36.5 Å². The Bertz CT molecular complexity index is 552. The number of hydrogen-bond acceptors (Lipinski definition) is 2. The lowest BCUT2D eigenvalue weighted by molar-refractivity contribution is -0.881. The summed E-state index contributed by atoms with van der Waals surface area (Å²) >= 11 is 5.88. The predicted octanol–water partition coefficient (Wildman–Crippen LogP) is 1.34. The van der Waals surface area contributed by atoms with E-state index in [1.54, 1.807) is 12.1 Å². The number of quaternary nitrogens is 1. The van der Waals surface area contributed by atoms with Crippen molar-refractivity contribution in [2.45, 2.75) is 46.2 Å². The normalized spacial score (nSPS) is 13.9. The molecule has 0 bridgehead atoms. The van der Waals surface area contributed by atoms with Gasteiger partial charge in [0, 0.05) is 10.6 Å². The third-order valence-corrected chi connectivity index (χ3v) is 3.84. The van der Waals surface area contributed by atoms with Gasteiger partial charge in [-0.3, -0.25) is 9.59 Å². The third kappa shape index (κ3) is 7.79. The summed E-state index contributed by atoms with van der Waals surface area (Å²) in [7, 11) is 0. The lowest BCUT2D eigenvalue weighted by Crippen LogP contribution is -3.14. The molecular formula is C18H29ClN3O2+. The highest BCUT2D eigenvalue weighted by molar-refractivity contribution is 6.30. The number of nitrogens with one attached hydrogen (secondary N) is 3. The molecule has 1 unspecified atom stereocenters. The molecule has 6 heteroatoms. The van der Waals surface area contributed by atoms with Gasteiger partial charge in [-0.15, -0.1) is 0 Å². The van der Waals surface area contributed by atoms with Crippen LogP contribution >= 0.6 is 11.6 Å². The van der Waals surface area contributed by atoms with E-state index in [1.165, 1.54) is 0 Å². The number of carbonyl (C=O) groups excluding carboxylic acids is 2. The molecule has 0 heterocycles. The second kappa shape index (κ2) is 9.04. The van der Waals surface area contributed by atoms with Crippen molar-refractivity contribution in [3.63, 3.8) is 0 Å². The number of likely N-dealkylation sites (N-methyl/N-ethyl adjacent to an activating group) is 1. The minimum atomic E-state index is -0.263. The molecule has 1 aromatic rings. The molecule has 0 spiro atoms. The molecule has 1 rings (SSSR count). The fraction of sp³-hybridized carbons (Fsp3) is 0.556. The van der Waals surface area contributed by atoms with Crippen molar-refractivity contribution in [3.8, 4) is 0 Å². The van der Waals surface area contributed by atoms with Crippen LogP contribution in [0, 0.1) is 0 Å². The summed E-state index contributed by atoms with van der Waals surface area (Å²) in [6.07, 6.45) is 0. The van der Waals surface area contributed by atoms with E-state index in [0.717, 1.165) is 10.5 Å². The van der Waals surface area contributed by atoms with E-state index < -0.39 is 0 Å². The van der Waals surface area contributed by atoms with Gasteiger partial charge in [-0.2, -0.15) is 0 Å². The number of benzene rings is 1. The average molecular weight is 355 g/mol. The first-order valence-electron chi connectivity index (χ1n) is 8.30. The first-order chi connectivity index (χ1) is 11.1. The van der Waals surface area contributed by atoms with Crippen molar-refractivity contribution in [1.82, 2.24) is 10.6 Å². The van der Waals surface area contributed by atoms with Gasteiger partial charge in [0.05, 0.1) is 12.6 Å². The number of amides is 2. The molecule has 2 amide bonds. The molecule has 3 N–H and O–H groups in total. The Morgan fingerprint density at radius 3 is 2.17 bits per heavy atom. The Morgan fingerprint density at radius 1 is 1.12 bits per heavy atom. The summed E-state index contributed by atoms with van der Waals surface area (Å²) in [5.41, 5.74) is 0.734. The minimum Gasteiger partial charge on any atom is -0.347 e. The van der Waals surface area contributed by atoms with Crippen molar-refractivity contribution in [1.29, 1.82) is 0 Å². The molecule has 0 aliphatic carbocycles. The maximum absolute atomic E-state index is 12.2. The monoisotopic (exact) mass is 354 g/mol. The van der Waals surface area contributed by atoms with Gasteiger partial charge in [0.2, 0.25) is 0 Å². The van der Waals surface area contributed by atoms with Gasteiger partial charge in [0.15, 0.2) is 13.1 Å². The van der Waals surface area contributed by atoms with Gasteiger partial charge in [0.1, 0.15) is 0 Å². The van der Waals surface area contributed by atoms with Crippen molar-refractivity contribution < 1.29 is 14.5 Å². The lowest BCUT2D eigenvalue weighted by Gasteiger charge is -2.23. The Hall–Kier alpha value is -1.59. The van der Waals surface area contributed by atoms with Crippen molar-refractivity contribution in [2.24, 2.45) is 0 Å². The number of hydrogen-bond donors (Lipinski definition) is 3. The SMILES string of the molecule is CC[NH+](CC(=O)N[C@H](C)c1ccc(Cl)cc1)CC(=O)NC(C)(C)C. The molecule has 0 aromatic heterocycles. The van der Waals surface area contributed by atoms with E-state index >= 15 is 0 Å². The molecule has 0 saturated heterocycles. The first kappa shape index (κ1) is 20.5. The Morgan fingerprint density at radius 2 is 1.67 bits per heavy atom. The average Bonchev–Trinajstić information content (AvgIpc) is 2.44. The molecule has 0 radical (unpaired) electrons. The second-order valence-electron chi connectivity index (χ2n) is 7.10. The van der Waals surface area contributed by atoms with E-state index in [4.69, 9.17) is 11.6 Å². The van der Waals surface area contributed by atoms with Crippen LogP contribution in [0.3, 0.4) is 0 Å². The van der Waals surface area contributed by atoms with E-state index in [1.807, 2.05) is 46.8 Å². The summed E-state index contributed by atoms with van der Waals surface area (Å²) in [5.74, 6) is -0.115. The van der Waals surface area contributed by atoms with Crippen LogP contribution in [0.1, 0.15) is 46.2 Å². The fourth-order valence-corrected chi connectivity index (χ4v) is 2.48. The molecule has 1 aromatic carbocycles. The zero-order valence-electron chi connectivity index (χ0n) is 15.2. The van der Waals surface area contributed by atoms with Crippen LogP contribution < -0.4 is 15.5 Å². The van der Waals surface area contributed by atoms with Crippen LogP contribution in [0.5, 0.6) is 0 Å². The van der Waals surface area contributed by atoms with Gasteiger partial charge in [-0.25, -0.2) is 0 Å². The zero-order chi connectivity index (χ0) is 18.3. The van der Waals surface area contributed by atoms with Crippen LogP contribution in [-0.2, 0) is 9.59 Å². The molecule has 0 aliphatic heterocycles. The molecular weight excluding hydrogens is 326 g/mol. The van der Waals surface area contributed by atoms with Gasteiger partial charge in [-0.1, -0.05) is 23.7 Å². The third-order valence-electron chi connectivity index (χ3n) is 3.58. The number of carbonyl (C=O) groups is 2. The standard InChI is InChI=1S/C18H28ClN3O2/c1-6-22(12-17(24)21-18(3,4)5)11-16(23)20-13(2)14-7-9-15(19)10-8-14/h7-10,13H,6,11-12H2,1-5H3,(H,20,23)(H,21,24)/p+1/t13-/m1/s1. The number of halogens is 1. The number of rotatable bonds is 7. The van der Waals surface area contributed by atoms with E-state index in [0.29, 0.717) is 11.6 Å². The van der Waals surface area contributed by atoms with Crippen LogP contribution in [0.15, 0.2) is 24.3 Å². The molecule has 5 nitrogen and oxygen atoms in total. The van der Waals surface area contributed by atoms with Crippen molar-refractivity contribution >= 4 is 23.4 Å². The summed E-state index contributed by atoms with van der Waals surface area (Å²) < 4.78 is 0. The predicted molar refractivity (Wildman–Crippen MR) is 97.1 cm³/mol. The minimum absolute atomic E-state index is 0.0436. The Labute approximate surface area is 149 Å². The van der Waals surface area contributed by atoms with E-state index in [9.17, 15) is 9.59 Å². The molecule has 24 heavy (non-hydrogen) atoms. The van der Waals surface area contributed by atoms with Crippen LogP contribution in [-0.4, -0.2) is 37.0 Å². The van der Waals surface area contributed by atoms with Crippen LogP contribution in [0.2, 0.25) is 5.02 Å². The van der Waals surface area contributed by atoms with Gasteiger partial charge < -0.3 is 15.5 Å². The highest BCUT2D eigenvalue weighted by Gasteiger charge is 2.21. The highest BCUT2D eigenvalue weighted by Crippen LogP contribution is 2.15. The highest BCUT2D eigenvalue weighted by atomic mass is 35.5. The summed E-state index contributed by atoms with van der Waals surface area (Å²) in [5, 5.41) is 6.56. The van der Waals surface area contributed by atoms with Gasteiger partial charge in [-0.05, 0) is 52.3 Å². The van der Waals surface area contributed by atoms with Gasteiger partial charge >= 0.3 is 0 Å². The molecule has 0 fully saturated rings. The van der Waals surface area contributed by atoms with E-state index in [2.05, 4.69) is 10.6 Å². The lowest BCUT2D eigenvalue weighted by atomic mass is 10.1. The maximum atomic E-state index is 12.2. The molecule has 134 valence electrons. The Balaban J connectivity index is 2.51. The quantitative estimate of drug-likeness (QED) is 0.692. The van der Waals surface area contributed by atoms with Crippen LogP contribution in [0.25, 0.3) is 0 Å². The fourth-order valence-electron chi connectivity index (χ4n) is 2.36. The topological polar surface area (TPSA) is 62.6 Å². The summed E-state index contributed by atoms with van der Waals surface area (Å²) in [6.45, 7) is 11.0. The molecule has 0 aliphatic rings. The largest absolute Gasteiger partial charge is 0.347 e. The zero-order valence-corrected chi connectivity index (χ0v) is 16.0. The first-order valence-corrected chi connectivity index (χ1v) is 8.68. The van der Waals surface area contributed by atoms with Crippen LogP contribution in [0.4, 0.5) is 0 Å². The van der Waals surface area contributed by atoms with Crippen molar-refractivity contribution in [2.75, 3.05) is 19.6 Å². The smallest absolute Gasteiger partial charge is 0.275 e. The maximum Gasteiger partial charge on any atom is 0.275 e. The molecule has 2 atom stereocenters. The summed E-state index contributed by atoms with van der Waals surface area (Å²) in [6, 6.07) is 7.31. The summed E-state index contributed by atoms with van der Waals surface area (Å²) in [4.78, 5) is 25.2. The van der Waals surface area contributed by atoms with Gasteiger partial charge in [0.25, 0.3) is 11.8 Å².